The lowest BCUT2D eigenvalue weighted by atomic mass is 9.98. The summed E-state index contributed by atoms with van der Waals surface area (Å²) < 4.78 is 16.6. The van der Waals surface area contributed by atoms with Gasteiger partial charge >= 0.3 is 12.1 Å². The fourth-order valence-electron chi connectivity index (χ4n) is 6.64. The van der Waals surface area contributed by atoms with Gasteiger partial charge in [0.2, 0.25) is 11.8 Å². The van der Waals surface area contributed by atoms with Crippen LogP contribution >= 0.6 is 0 Å². The molecule has 2 aliphatic heterocycles. The van der Waals surface area contributed by atoms with Gasteiger partial charge in [0.25, 0.3) is 0 Å². The van der Waals surface area contributed by atoms with E-state index in [1.54, 1.807) is 0 Å². The minimum atomic E-state index is -0.839. The molecule has 2 fully saturated rings. The van der Waals surface area contributed by atoms with E-state index in [0.717, 1.165) is 27.8 Å². The second kappa shape index (κ2) is 13.5. The van der Waals surface area contributed by atoms with Gasteiger partial charge in [-0.05, 0) is 40.7 Å². The molecule has 10 heteroatoms. The molecular formula is C35H37N3O7. The summed E-state index contributed by atoms with van der Waals surface area (Å²) in [6, 6.07) is 23.9. The van der Waals surface area contributed by atoms with Crippen LogP contribution in [-0.4, -0.2) is 85.2 Å². The number of rotatable bonds is 9. The SMILES string of the molecule is CO[C@@H]1C[C@@H](C(=O)NCC(=O)OCc2ccccc2)N(C(=O)C2CCCN2C(=O)OCC2c3ccccc3-c3ccccc32)C1. The van der Waals surface area contributed by atoms with Crippen molar-refractivity contribution in [2.45, 2.75) is 50.0 Å². The Kier molecular flexibility index (Phi) is 9.11. The molecule has 0 spiro atoms. The number of fused-ring (bicyclic) bond motifs is 3. The van der Waals surface area contributed by atoms with Crippen LogP contribution in [0.3, 0.4) is 0 Å². The Balaban J connectivity index is 1.07. The van der Waals surface area contributed by atoms with Crippen LogP contribution in [0.15, 0.2) is 78.9 Å². The lowest BCUT2D eigenvalue weighted by molar-refractivity contribution is -0.146. The van der Waals surface area contributed by atoms with Crippen LogP contribution in [0.5, 0.6) is 0 Å². The lowest BCUT2D eigenvalue weighted by Crippen LogP contribution is -2.53. The van der Waals surface area contributed by atoms with Gasteiger partial charge in [-0.3, -0.25) is 19.3 Å². The van der Waals surface area contributed by atoms with Gasteiger partial charge in [-0.2, -0.15) is 0 Å². The number of esters is 1. The molecule has 2 heterocycles. The van der Waals surface area contributed by atoms with Crippen LogP contribution in [0.2, 0.25) is 0 Å². The Morgan fingerprint density at radius 3 is 2.18 bits per heavy atom. The Bertz CT molecular complexity index is 1520. The highest BCUT2D eigenvalue weighted by Crippen LogP contribution is 2.44. The Hall–Kier alpha value is -4.70. The highest BCUT2D eigenvalue weighted by atomic mass is 16.6. The first kappa shape index (κ1) is 30.3. The largest absolute Gasteiger partial charge is 0.460 e. The molecular weight excluding hydrogens is 574 g/mol. The summed E-state index contributed by atoms with van der Waals surface area (Å²) in [7, 11) is 1.53. The number of likely N-dealkylation sites (tertiary alicyclic amines) is 2. The molecule has 1 aliphatic carbocycles. The van der Waals surface area contributed by atoms with Crippen molar-refractivity contribution >= 4 is 23.9 Å². The van der Waals surface area contributed by atoms with Crippen LogP contribution in [0.4, 0.5) is 4.79 Å². The number of nitrogens with zero attached hydrogens (tertiary/aromatic N) is 2. The van der Waals surface area contributed by atoms with Gasteiger partial charge in [-0.15, -0.1) is 0 Å². The first-order chi connectivity index (χ1) is 21.9. The van der Waals surface area contributed by atoms with Gasteiger partial charge < -0.3 is 24.4 Å². The number of carbonyl (C=O) groups is 4. The molecule has 234 valence electrons. The van der Waals surface area contributed by atoms with Crippen molar-refractivity contribution in [2.24, 2.45) is 0 Å². The minimum absolute atomic E-state index is 0.0911. The highest BCUT2D eigenvalue weighted by Gasteiger charge is 2.45. The normalized spacial score (nSPS) is 20.4. The summed E-state index contributed by atoms with van der Waals surface area (Å²) in [4.78, 5) is 55.7. The summed E-state index contributed by atoms with van der Waals surface area (Å²) in [5, 5.41) is 2.61. The van der Waals surface area contributed by atoms with Crippen molar-refractivity contribution in [3.63, 3.8) is 0 Å². The van der Waals surface area contributed by atoms with Crippen LogP contribution in [0, 0.1) is 0 Å². The number of hydrogen-bond donors (Lipinski definition) is 1. The summed E-state index contributed by atoms with van der Waals surface area (Å²) in [5.41, 5.74) is 5.34. The number of benzene rings is 3. The second-order valence-electron chi connectivity index (χ2n) is 11.6. The zero-order chi connectivity index (χ0) is 31.3. The molecule has 10 nitrogen and oxygen atoms in total. The first-order valence-electron chi connectivity index (χ1n) is 15.4. The molecule has 3 aromatic rings. The molecule has 6 rings (SSSR count). The van der Waals surface area contributed by atoms with E-state index in [4.69, 9.17) is 14.2 Å². The number of amides is 3. The van der Waals surface area contributed by atoms with Crippen LogP contribution in [0.1, 0.15) is 41.9 Å². The van der Waals surface area contributed by atoms with Crippen molar-refractivity contribution in [2.75, 3.05) is 33.4 Å². The van der Waals surface area contributed by atoms with E-state index in [1.165, 1.54) is 16.9 Å². The zero-order valence-corrected chi connectivity index (χ0v) is 25.2. The average molecular weight is 612 g/mol. The van der Waals surface area contributed by atoms with E-state index in [0.29, 0.717) is 19.4 Å². The predicted octanol–water partition coefficient (Wildman–Crippen LogP) is 3.88. The van der Waals surface area contributed by atoms with E-state index in [1.807, 2.05) is 54.6 Å². The minimum Gasteiger partial charge on any atom is -0.460 e. The van der Waals surface area contributed by atoms with Gasteiger partial charge in [0.05, 0.1) is 6.10 Å². The molecule has 0 saturated carbocycles. The van der Waals surface area contributed by atoms with Crippen molar-refractivity contribution in [1.29, 1.82) is 0 Å². The monoisotopic (exact) mass is 611 g/mol. The number of nitrogens with one attached hydrogen (secondary N) is 1. The molecule has 1 unspecified atom stereocenters. The van der Waals surface area contributed by atoms with Gasteiger partial charge in [-0.25, -0.2) is 4.79 Å². The maximum absolute atomic E-state index is 13.9. The molecule has 3 aromatic carbocycles. The lowest BCUT2D eigenvalue weighted by Gasteiger charge is -2.30. The van der Waals surface area contributed by atoms with E-state index < -0.39 is 30.1 Å². The average Bonchev–Trinajstić information content (AvgIpc) is 3.82. The Morgan fingerprint density at radius 2 is 1.49 bits per heavy atom. The van der Waals surface area contributed by atoms with Crippen molar-refractivity contribution in [1.82, 2.24) is 15.1 Å². The Morgan fingerprint density at radius 1 is 0.822 bits per heavy atom. The van der Waals surface area contributed by atoms with E-state index in [2.05, 4.69) is 29.6 Å². The number of carbonyl (C=O) groups excluding carboxylic acids is 4. The molecule has 3 amide bonds. The molecule has 1 N–H and O–H groups in total. The number of hydrogen-bond acceptors (Lipinski definition) is 7. The molecule has 3 atom stereocenters. The standard InChI is InChI=1S/C35H37N3O7/c1-43-24-18-31(33(40)36-19-32(39)44-21-23-10-3-2-4-11-23)38(20-24)34(41)30-16-9-17-37(30)35(42)45-22-29-27-14-7-5-12-25(27)26-13-6-8-15-28(26)29/h2-8,10-15,24,29-31H,9,16-22H2,1H3,(H,36,40)/t24-,30?,31+/m1/s1. The van der Waals surface area contributed by atoms with Crippen molar-refractivity contribution in [3.05, 3.63) is 95.6 Å². The van der Waals surface area contributed by atoms with Crippen LogP contribution < -0.4 is 5.32 Å². The first-order valence-corrected chi connectivity index (χ1v) is 15.4. The van der Waals surface area contributed by atoms with E-state index >= 15 is 0 Å². The fraction of sp³-hybridized carbons (Fsp3) is 0.371. The topological polar surface area (TPSA) is 114 Å². The molecule has 0 radical (unpaired) electrons. The molecule has 45 heavy (non-hydrogen) atoms. The van der Waals surface area contributed by atoms with Crippen molar-refractivity contribution < 1.29 is 33.4 Å². The third kappa shape index (κ3) is 6.42. The summed E-state index contributed by atoms with van der Waals surface area (Å²) >= 11 is 0. The van der Waals surface area contributed by atoms with Crippen LogP contribution in [-0.2, 0) is 35.2 Å². The summed E-state index contributed by atoms with van der Waals surface area (Å²) in [6.45, 7) is 0.532. The third-order valence-electron chi connectivity index (χ3n) is 8.94. The maximum Gasteiger partial charge on any atom is 0.410 e. The second-order valence-corrected chi connectivity index (χ2v) is 11.6. The van der Waals surface area contributed by atoms with Crippen molar-refractivity contribution in [3.8, 4) is 11.1 Å². The predicted molar refractivity (Wildman–Crippen MR) is 165 cm³/mol. The number of methoxy groups -OCH3 is 1. The van der Waals surface area contributed by atoms with Gasteiger partial charge in [0.1, 0.15) is 31.8 Å². The molecule has 3 aliphatic rings. The fourth-order valence-corrected chi connectivity index (χ4v) is 6.64. The summed E-state index contributed by atoms with van der Waals surface area (Å²) in [6.07, 6.45) is 0.505. The quantitative estimate of drug-likeness (QED) is 0.366. The number of ether oxygens (including phenoxy) is 3. The molecule has 0 bridgehead atoms. The molecule has 0 aromatic heterocycles. The Labute approximate surface area is 262 Å². The van der Waals surface area contributed by atoms with Gasteiger partial charge in [0, 0.05) is 32.5 Å². The van der Waals surface area contributed by atoms with E-state index in [9.17, 15) is 19.2 Å². The smallest absolute Gasteiger partial charge is 0.410 e. The summed E-state index contributed by atoms with van der Waals surface area (Å²) in [5.74, 6) is -1.46. The van der Waals surface area contributed by atoms with Gasteiger partial charge in [-0.1, -0.05) is 78.9 Å². The maximum atomic E-state index is 13.9. The van der Waals surface area contributed by atoms with Crippen LogP contribution in [0.25, 0.3) is 11.1 Å². The highest BCUT2D eigenvalue weighted by molar-refractivity contribution is 5.93. The third-order valence-corrected chi connectivity index (χ3v) is 8.94. The zero-order valence-electron chi connectivity index (χ0n) is 25.2. The van der Waals surface area contributed by atoms with E-state index in [-0.39, 0.29) is 50.7 Å². The molecule has 2 saturated heterocycles. The van der Waals surface area contributed by atoms with Gasteiger partial charge in [0.15, 0.2) is 0 Å².